The number of allylic oxidation sites excluding steroid dienone is 1. The highest BCUT2D eigenvalue weighted by Gasteiger charge is 2.61. The van der Waals surface area contributed by atoms with E-state index in [0.29, 0.717) is 50.4 Å². The lowest BCUT2D eigenvalue weighted by Gasteiger charge is -2.44. The Morgan fingerprint density at radius 2 is 1.81 bits per heavy atom. The predicted octanol–water partition coefficient (Wildman–Crippen LogP) is 3.37. The van der Waals surface area contributed by atoms with Crippen LogP contribution in [0.2, 0.25) is 5.02 Å². The van der Waals surface area contributed by atoms with Gasteiger partial charge in [-0.3, -0.25) is 4.79 Å². The van der Waals surface area contributed by atoms with Crippen molar-refractivity contribution in [2.24, 2.45) is 5.92 Å². The van der Waals surface area contributed by atoms with Gasteiger partial charge in [-0.05, 0) is 68.9 Å². The van der Waals surface area contributed by atoms with Gasteiger partial charge in [-0.15, -0.1) is 0 Å². The van der Waals surface area contributed by atoms with Crippen molar-refractivity contribution >= 4 is 33.7 Å². The van der Waals surface area contributed by atoms with Crippen molar-refractivity contribution in [3.8, 4) is 0 Å². The first-order chi connectivity index (χ1) is 17.2. The molecule has 1 saturated carbocycles. The molecule has 0 bridgehead atoms. The van der Waals surface area contributed by atoms with Crippen LogP contribution in [0.4, 0.5) is 4.79 Å². The Hall–Kier alpha value is -2.14. The number of carbonyl (C=O) groups excluding carboxylic acids is 2. The quantitative estimate of drug-likeness (QED) is 0.387. The van der Waals surface area contributed by atoms with Crippen LogP contribution in [0, 0.1) is 5.92 Å². The standard InChI is InChI=1S/C25H31ClN2O7S/c1-2-34-23(29)18-9-13-27(14-10-18)24(30)35-25(11-12-25)22-16-33-15-21(17-3-4-17)28(22)36(31,32)20-7-5-19(26)6-8-20/h3,5-8,18,21-22H,2,4,9-16H2,1H3/t21-,22+/m0/s1. The number of sulfonamides is 1. The fourth-order valence-corrected chi connectivity index (χ4v) is 7.10. The molecule has 0 aromatic heterocycles. The maximum absolute atomic E-state index is 13.9. The molecule has 9 nitrogen and oxygen atoms in total. The zero-order valence-electron chi connectivity index (χ0n) is 20.2. The zero-order valence-corrected chi connectivity index (χ0v) is 21.8. The van der Waals surface area contributed by atoms with Gasteiger partial charge >= 0.3 is 12.1 Å². The van der Waals surface area contributed by atoms with E-state index in [9.17, 15) is 18.0 Å². The van der Waals surface area contributed by atoms with Gasteiger partial charge in [0, 0.05) is 18.1 Å². The highest BCUT2D eigenvalue weighted by molar-refractivity contribution is 7.89. The summed E-state index contributed by atoms with van der Waals surface area (Å²) in [6.07, 6.45) is 4.41. The molecule has 2 aliphatic carbocycles. The molecule has 1 aromatic rings. The Balaban J connectivity index is 1.33. The topological polar surface area (TPSA) is 102 Å². The first-order valence-corrected chi connectivity index (χ1v) is 14.3. The molecule has 36 heavy (non-hydrogen) atoms. The lowest BCUT2D eigenvalue weighted by atomic mass is 9.97. The maximum atomic E-state index is 13.9. The Bertz CT molecular complexity index is 1140. The second-order valence-corrected chi connectivity index (χ2v) is 12.1. The summed E-state index contributed by atoms with van der Waals surface area (Å²) >= 11 is 6.00. The Kier molecular flexibility index (Phi) is 7.06. The molecule has 0 unspecified atom stereocenters. The van der Waals surface area contributed by atoms with Crippen molar-refractivity contribution in [1.29, 1.82) is 0 Å². The first-order valence-electron chi connectivity index (χ1n) is 12.5. The zero-order chi connectivity index (χ0) is 25.5. The molecule has 1 aromatic carbocycles. The van der Waals surface area contributed by atoms with Gasteiger partial charge < -0.3 is 19.1 Å². The van der Waals surface area contributed by atoms with Gasteiger partial charge in [-0.25, -0.2) is 13.2 Å². The van der Waals surface area contributed by atoms with E-state index in [4.69, 9.17) is 25.8 Å². The molecule has 0 spiro atoms. The van der Waals surface area contributed by atoms with E-state index < -0.39 is 33.8 Å². The third kappa shape index (κ3) is 5.01. The highest BCUT2D eigenvalue weighted by atomic mass is 35.5. The van der Waals surface area contributed by atoms with Crippen molar-refractivity contribution in [3.63, 3.8) is 0 Å². The largest absolute Gasteiger partial charge is 0.466 e. The lowest BCUT2D eigenvalue weighted by molar-refractivity contribution is -0.149. The predicted molar refractivity (Wildman–Crippen MR) is 131 cm³/mol. The summed E-state index contributed by atoms with van der Waals surface area (Å²) in [7, 11) is -3.91. The van der Waals surface area contributed by atoms with Gasteiger partial charge in [0.15, 0.2) is 0 Å². The van der Waals surface area contributed by atoms with Crippen molar-refractivity contribution in [3.05, 3.63) is 40.9 Å². The molecular formula is C25H31ClN2O7S. The van der Waals surface area contributed by atoms with Crippen LogP contribution >= 0.6 is 11.6 Å². The molecule has 2 aliphatic heterocycles. The third-order valence-corrected chi connectivity index (χ3v) is 9.62. The van der Waals surface area contributed by atoms with Gasteiger partial charge in [0.25, 0.3) is 0 Å². The SMILES string of the molecule is CCOC(=O)C1CCN(C(=O)OC2([C@H]3COC[C@@H](C4=CC4)N3S(=O)(=O)c3ccc(Cl)cc3)CC2)CC1. The molecule has 3 fully saturated rings. The summed E-state index contributed by atoms with van der Waals surface area (Å²) in [5.74, 6) is -0.449. The smallest absolute Gasteiger partial charge is 0.410 e. The molecule has 5 rings (SSSR count). The van der Waals surface area contributed by atoms with Crippen LogP contribution in [0.15, 0.2) is 40.8 Å². The molecule has 1 amide bonds. The number of morpholine rings is 1. The number of likely N-dealkylation sites (tertiary alicyclic amines) is 1. The van der Waals surface area contributed by atoms with Gasteiger partial charge in [0.1, 0.15) is 5.60 Å². The minimum absolute atomic E-state index is 0.146. The minimum Gasteiger partial charge on any atom is -0.466 e. The number of piperidine rings is 1. The van der Waals surface area contributed by atoms with Crippen LogP contribution in [-0.2, 0) is 29.0 Å². The highest BCUT2D eigenvalue weighted by Crippen LogP contribution is 2.49. The molecule has 2 atom stereocenters. The number of amides is 1. The van der Waals surface area contributed by atoms with E-state index in [1.54, 1.807) is 24.0 Å². The number of hydrogen-bond donors (Lipinski definition) is 0. The van der Waals surface area contributed by atoms with Gasteiger partial charge in [0.05, 0.1) is 42.7 Å². The van der Waals surface area contributed by atoms with Crippen molar-refractivity contribution < 1.29 is 32.2 Å². The minimum atomic E-state index is -3.91. The number of halogens is 1. The average molecular weight is 539 g/mol. The van der Waals surface area contributed by atoms with Crippen LogP contribution in [0.5, 0.6) is 0 Å². The van der Waals surface area contributed by atoms with Gasteiger partial charge in [-0.1, -0.05) is 17.7 Å². The van der Waals surface area contributed by atoms with Crippen LogP contribution in [-0.4, -0.2) is 80.3 Å². The number of nitrogens with zero attached hydrogens (tertiary/aromatic N) is 2. The van der Waals surface area contributed by atoms with Crippen LogP contribution < -0.4 is 0 Å². The van der Waals surface area contributed by atoms with Crippen molar-refractivity contribution in [1.82, 2.24) is 9.21 Å². The Labute approximate surface area is 216 Å². The van der Waals surface area contributed by atoms with Crippen LogP contribution in [0.25, 0.3) is 0 Å². The Morgan fingerprint density at radius 1 is 1.14 bits per heavy atom. The normalized spacial score (nSPS) is 26.2. The fourth-order valence-electron chi connectivity index (χ4n) is 5.13. The van der Waals surface area contributed by atoms with Gasteiger partial charge in [-0.2, -0.15) is 4.31 Å². The number of hydrogen-bond acceptors (Lipinski definition) is 7. The second-order valence-electron chi connectivity index (χ2n) is 9.79. The number of esters is 1. The molecule has 2 heterocycles. The molecule has 4 aliphatic rings. The van der Waals surface area contributed by atoms with E-state index in [0.717, 1.165) is 12.0 Å². The number of benzene rings is 1. The molecule has 11 heteroatoms. The fraction of sp³-hybridized carbons (Fsp3) is 0.600. The summed E-state index contributed by atoms with van der Waals surface area (Å²) < 4.78 is 46.3. The summed E-state index contributed by atoms with van der Waals surface area (Å²) in [4.78, 5) is 26.9. The van der Waals surface area contributed by atoms with Gasteiger partial charge in [0.2, 0.25) is 10.0 Å². The monoisotopic (exact) mass is 538 g/mol. The first kappa shape index (κ1) is 25.5. The number of carbonyl (C=O) groups is 2. The van der Waals surface area contributed by atoms with Crippen LogP contribution in [0.1, 0.15) is 39.0 Å². The summed E-state index contributed by atoms with van der Waals surface area (Å²) in [6.45, 7) is 3.30. The summed E-state index contributed by atoms with van der Waals surface area (Å²) in [5.41, 5.74) is 0.0725. The van der Waals surface area contributed by atoms with E-state index in [2.05, 4.69) is 0 Å². The van der Waals surface area contributed by atoms with Crippen molar-refractivity contribution in [2.45, 2.75) is 61.6 Å². The number of ether oxygens (including phenoxy) is 3. The average Bonchev–Trinajstić information content (AvgIpc) is 3.80. The second kappa shape index (κ2) is 9.96. The molecule has 2 saturated heterocycles. The third-order valence-electron chi connectivity index (χ3n) is 7.44. The molecule has 196 valence electrons. The summed E-state index contributed by atoms with van der Waals surface area (Å²) in [5, 5.41) is 0.452. The van der Waals surface area contributed by atoms with E-state index in [1.165, 1.54) is 16.4 Å². The Morgan fingerprint density at radius 3 is 2.39 bits per heavy atom. The van der Waals surface area contributed by atoms with E-state index in [-0.39, 0.29) is 30.0 Å². The molecule has 0 N–H and O–H groups in total. The van der Waals surface area contributed by atoms with Crippen molar-refractivity contribution in [2.75, 3.05) is 32.9 Å². The molecule has 0 radical (unpaired) electrons. The maximum Gasteiger partial charge on any atom is 0.410 e. The van der Waals surface area contributed by atoms with E-state index in [1.807, 2.05) is 6.08 Å². The molecular weight excluding hydrogens is 508 g/mol. The van der Waals surface area contributed by atoms with Crippen LogP contribution in [0.3, 0.4) is 0 Å². The lowest BCUT2D eigenvalue weighted by Crippen LogP contribution is -2.61. The van der Waals surface area contributed by atoms with E-state index >= 15 is 0 Å². The number of rotatable bonds is 7. The summed E-state index contributed by atoms with van der Waals surface area (Å²) in [6, 6.07) is 5.05.